The van der Waals surface area contributed by atoms with Gasteiger partial charge in [-0.1, -0.05) is 6.92 Å². The number of rotatable bonds is 4. The Hall–Kier alpha value is -1.80. The topological polar surface area (TPSA) is 87.7 Å². The van der Waals surface area contributed by atoms with Crippen LogP contribution in [0.3, 0.4) is 0 Å². The predicted molar refractivity (Wildman–Crippen MR) is 89.4 cm³/mol. The quantitative estimate of drug-likeness (QED) is 0.844. The molecule has 2 N–H and O–H groups in total. The molecule has 23 heavy (non-hydrogen) atoms. The van der Waals surface area contributed by atoms with Gasteiger partial charge in [0.25, 0.3) is 5.91 Å². The van der Waals surface area contributed by atoms with E-state index in [1.165, 1.54) is 6.07 Å². The van der Waals surface area contributed by atoms with Gasteiger partial charge >= 0.3 is 0 Å². The minimum atomic E-state index is -3.40. The number of hydrogen-bond acceptors (Lipinski definition) is 5. The Kier molecular flexibility index (Phi) is 5.16. The van der Waals surface area contributed by atoms with E-state index >= 15 is 0 Å². The van der Waals surface area contributed by atoms with Crippen LogP contribution in [-0.2, 0) is 10.0 Å². The lowest BCUT2D eigenvalue weighted by Crippen LogP contribution is -2.44. The lowest BCUT2D eigenvalue weighted by molar-refractivity contribution is 0.0637. The van der Waals surface area contributed by atoms with Crippen molar-refractivity contribution in [2.75, 3.05) is 38.2 Å². The third-order valence-corrected chi connectivity index (χ3v) is 4.35. The molecule has 0 saturated heterocycles. The van der Waals surface area contributed by atoms with Crippen molar-refractivity contribution in [2.24, 2.45) is 5.92 Å². The van der Waals surface area contributed by atoms with Gasteiger partial charge in [-0.2, -0.15) is 0 Å². The number of nitrogens with one attached hydrogen (secondary N) is 2. The number of ether oxygens (including phenoxy) is 1. The van der Waals surface area contributed by atoms with Crippen molar-refractivity contribution < 1.29 is 17.9 Å². The van der Waals surface area contributed by atoms with Gasteiger partial charge in [0.15, 0.2) is 0 Å². The van der Waals surface area contributed by atoms with E-state index < -0.39 is 10.0 Å². The molecule has 1 amide bonds. The second-order valence-corrected chi connectivity index (χ2v) is 7.71. The van der Waals surface area contributed by atoms with Gasteiger partial charge in [0.2, 0.25) is 10.0 Å². The van der Waals surface area contributed by atoms with Crippen LogP contribution in [0.5, 0.6) is 5.75 Å². The van der Waals surface area contributed by atoms with Gasteiger partial charge in [-0.05, 0) is 25.2 Å². The number of likely N-dealkylation sites (N-methyl/N-ethyl adjacent to an activating group) is 1. The highest BCUT2D eigenvalue weighted by Gasteiger charge is 2.29. The van der Waals surface area contributed by atoms with Crippen LogP contribution in [0, 0.1) is 5.92 Å². The van der Waals surface area contributed by atoms with Crippen LogP contribution in [-0.4, -0.2) is 58.8 Å². The van der Waals surface area contributed by atoms with Gasteiger partial charge in [0, 0.05) is 31.7 Å². The largest absolute Gasteiger partial charge is 0.488 e. The first-order valence-corrected chi connectivity index (χ1v) is 9.29. The molecule has 0 spiro atoms. The molecule has 7 nitrogen and oxygen atoms in total. The zero-order valence-electron chi connectivity index (χ0n) is 13.8. The molecule has 2 atom stereocenters. The van der Waals surface area contributed by atoms with E-state index in [2.05, 4.69) is 10.0 Å². The van der Waals surface area contributed by atoms with Gasteiger partial charge in [0.1, 0.15) is 11.9 Å². The van der Waals surface area contributed by atoms with Crippen molar-refractivity contribution >= 4 is 21.6 Å². The van der Waals surface area contributed by atoms with E-state index in [-0.39, 0.29) is 17.9 Å². The van der Waals surface area contributed by atoms with Crippen molar-refractivity contribution in [3.8, 4) is 5.75 Å². The highest BCUT2D eigenvalue weighted by Crippen LogP contribution is 2.29. The molecule has 2 rings (SSSR count). The summed E-state index contributed by atoms with van der Waals surface area (Å²) in [6.45, 7) is 3.26. The first-order valence-electron chi connectivity index (χ1n) is 7.40. The molecular formula is C15H23N3O4S. The predicted octanol–water partition coefficient (Wildman–Crippen LogP) is 0.747. The second kappa shape index (κ2) is 6.76. The Balaban J connectivity index is 2.42. The number of hydrogen-bond donors (Lipinski definition) is 2. The summed E-state index contributed by atoms with van der Waals surface area (Å²) < 4.78 is 31.1. The smallest absolute Gasteiger partial charge is 0.257 e. The number of amides is 1. The maximum atomic E-state index is 12.6. The average Bonchev–Trinajstić information content (AvgIpc) is 2.44. The molecule has 128 valence electrons. The van der Waals surface area contributed by atoms with Crippen LogP contribution >= 0.6 is 0 Å². The summed E-state index contributed by atoms with van der Waals surface area (Å²) in [6.07, 6.45) is 0.988. The summed E-state index contributed by atoms with van der Waals surface area (Å²) in [5.41, 5.74) is 0.699. The van der Waals surface area contributed by atoms with Crippen LogP contribution in [0.15, 0.2) is 18.2 Å². The van der Waals surface area contributed by atoms with E-state index in [1.807, 2.05) is 14.0 Å². The van der Waals surface area contributed by atoms with E-state index in [4.69, 9.17) is 4.74 Å². The van der Waals surface area contributed by atoms with Gasteiger partial charge in [-0.3, -0.25) is 9.52 Å². The Bertz CT molecular complexity index is 690. The first kappa shape index (κ1) is 17.6. The molecule has 1 heterocycles. The average molecular weight is 341 g/mol. The molecule has 8 heteroatoms. The maximum Gasteiger partial charge on any atom is 0.257 e. The Morgan fingerprint density at radius 1 is 1.39 bits per heavy atom. The molecule has 0 fully saturated rings. The normalized spacial score (nSPS) is 21.9. The van der Waals surface area contributed by atoms with Crippen LogP contribution in [0.4, 0.5) is 5.69 Å². The van der Waals surface area contributed by atoms with E-state index in [0.29, 0.717) is 30.1 Å². The molecule has 0 unspecified atom stereocenters. The molecular weight excluding hydrogens is 318 g/mol. The number of sulfonamides is 1. The van der Waals surface area contributed by atoms with Crippen molar-refractivity contribution in [2.45, 2.75) is 13.0 Å². The van der Waals surface area contributed by atoms with Crippen LogP contribution in [0.2, 0.25) is 0 Å². The fraction of sp³-hybridized carbons (Fsp3) is 0.533. The summed E-state index contributed by atoms with van der Waals surface area (Å²) in [5.74, 6) is 0.443. The number of anilines is 1. The van der Waals surface area contributed by atoms with Gasteiger partial charge in [-0.25, -0.2) is 8.42 Å². The highest BCUT2D eigenvalue weighted by atomic mass is 32.2. The number of carbonyl (C=O) groups excluding carboxylic acids is 1. The van der Waals surface area contributed by atoms with Crippen molar-refractivity contribution in [3.63, 3.8) is 0 Å². The van der Waals surface area contributed by atoms with Gasteiger partial charge < -0.3 is 15.0 Å². The second-order valence-electron chi connectivity index (χ2n) is 5.96. The fourth-order valence-corrected chi connectivity index (χ4v) is 3.19. The molecule has 1 aromatic carbocycles. The zero-order chi connectivity index (χ0) is 17.2. The van der Waals surface area contributed by atoms with E-state index in [0.717, 1.165) is 6.26 Å². The molecule has 1 aliphatic rings. The Morgan fingerprint density at radius 3 is 2.70 bits per heavy atom. The number of fused-ring (bicyclic) bond motifs is 1. The zero-order valence-corrected chi connectivity index (χ0v) is 14.6. The van der Waals surface area contributed by atoms with Crippen molar-refractivity contribution in [1.29, 1.82) is 0 Å². The summed E-state index contributed by atoms with van der Waals surface area (Å²) in [6, 6.07) is 4.74. The summed E-state index contributed by atoms with van der Waals surface area (Å²) >= 11 is 0. The Labute approximate surface area is 137 Å². The van der Waals surface area contributed by atoms with E-state index in [1.54, 1.807) is 24.1 Å². The number of benzene rings is 1. The van der Waals surface area contributed by atoms with Gasteiger partial charge in [-0.15, -0.1) is 0 Å². The van der Waals surface area contributed by atoms with E-state index in [9.17, 15) is 13.2 Å². The summed E-state index contributed by atoms with van der Waals surface area (Å²) in [5, 5.41) is 3.10. The van der Waals surface area contributed by atoms with Crippen LogP contribution in [0.25, 0.3) is 0 Å². The molecule has 1 aliphatic heterocycles. The minimum Gasteiger partial charge on any atom is -0.488 e. The summed E-state index contributed by atoms with van der Waals surface area (Å²) in [7, 11) is 0.183. The molecule has 0 radical (unpaired) electrons. The third-order valence-electron chi connectivity index (χ3n) is 3.74. The third kappa shape index (κ3) is 4.35. The van der Waals surface area contributed by atoms with Crippen LogP contribution < -0.4 is 14.8 Å². The van der Waals surface area contributed by atoms with Crippen molar-refractivity contribution in [3.05, 3.63) is 23.8 Å². The standard InChI is InChI=1S/C15H23N3O4S/c1-10-9-18(3)15(19)12-7-11(17-23(4,20)21)5-6-13(12)22-14(10)8-16-2/h5-7,10,14,16-17H,8-9H2,1-4H3/t10-,14-/m1/s1. The lowest BCUT2D eigenvalue weighted by Gasteiger charge is -2.32. The number of carbonyl (C=O) groups is 1. The number of nitrogens with zero attached hydrogens (tertiary/aromatic N) is 1. The van der Waals surface area contributed by atoms with Crippen LogP contribution in [0.1, 0.15) is 17.3 Å². The SMILES string of the molecule is CNC[C@H]1Oc2ccc(NS(C)(=O)=O)cc2C(=O)N(C)C[C@H]1C. The highest BCUT2D eigenvalue weighted by molar-refractivity contribution is 7.92. The Morgan fingerprint density at radius 2 is 2.09 bits per heavy atom. The van der Waals surface area contributed by atoms with Crippen molar-refractivity contribution in [1.82, 2.24) is 10.2 Å². The van der Waals surface area contributed by atoms with Gasteiger partial charge in [0.05, 0.1) is 11.8 Å². The molecule has 0 aliphatic carbocycles. The molecule has 0 aromatic heterocycles. The molecule has 1 aromatic rings. The maximum absolute atomic E-state index is 12.6. The molecule has 0 saturated carbocycles. The lowest BCUT2D eigenvalue weighted by atomic mass is 10.0. The first-order chi connectivity index (χ1) is 10.7. The summed E-state index contributed by atoms with van der Waals surface area (Å²) in [4.78, 5) is 14.2. The monoisotopic (exact) mass is 341 g/mol. The minimum absolute atomic E-state index is 0.0805. The molecule has 0 bridgehead atoms. The fourth-order valence-electron chi connectivity index (χ4n) is 2.64.